The van der Waals surface area contributed by atoms with Gasteiger partial charge in [0.15, 0.2) is 5.65 Å². The van der Waals surface area contributed by atoms with Crippen LogP contribution in [0, 0.1) is 20.8 Å². The van der Waals surface area contributed by atoms with Gasteiger partial charge < -0.3 is 5.32 Å². The van der Waals surface area contributed by atoms with Crippen molar-refractivity contribution in [3.8, 4) is 11.1 Å². The van der Waals surface area contributed by atoms with Gasteiger partial charge in [0.1, 0.15) is 12.4 Å². The Bertz CT molecular complexity index is 1160. The minimum absolute atomic E-state index is 0.149. The highest BCUT2D eigenvalue weighted by molar-refractivity contribution is 5.95. The van der Waals surface area contributed by atoms with E-state index in [1.807, 2.05) is 57.2 Å². The number of aryl methyl sites for hydroxylation is 3. The van der Waals surface area contributed by atoms with E-state index in [0.29, 0.717) is 11.5 Å². The lowest BCUT2D eigenvalue weighted by Gasteiger charge is -2.10. The molecule has 4 rings (SSSR count). The number of fused-ring (bicyclic) bond motifs is 1. The van der Waals surface area contributed by atoms with Crippen molar-refractivity contribution in [2.24, 2.45) is 0 Å². The third kappa shape index (κ3) is 3.62. The number of nitrogens with zero attached hydrogens (tertiary/aromatic N) is 4. The summed E-state index contributed by atoms with van der Waals surface area (Å²) in [6, 6.07) is 17.9. The minimum atomic E-state index is -0.172. The third-order valence-corrected chi connectivity index (χ3v) is 4.55. The molecule has 3 heterocycles. The Balaban J connectivity index is 1.63. The van der Waals surface area contributed by atoms with E-state index in [-0.39, 0.29) is 12.5 Å². The number of anilines is 1. The van der Waals surface area contributed by atoms with Crippen LogP contribution in [0.5, 0.6) is 0 Å². The summed E-state index contributed by atoms with van der Waals surface area (Å²) >= 11 is 0. The van der Waals surface area contributed by atoms with E-state index in [4.69, 9.17) is 0 Å². The molecule has 28 heavy (non-hydrogen) atoms. The lowest BCUT2D eigenvalue weighted by atomic mass is 10.0. The fourth-order valence-corrected chi connectivity index (χ4v) is 3.31. The minimum Gasteiger partial charge on any atom is -0.309 e. The highest BCUT2D eigenvalue weighted by Gasteiger charge is 2.11. The predicted molar refractivity (Wildman–Crippen MR) is 110 cm³/mol. The molecule has 0 spiro atoms. The van der Waals surface area contributed by atoms with Crippen LogP contribution >= 0.6 is 0 Å². The van der Waals surface area contributed by atoms with Crippen molar-refractivity contribution in [3.05, 3.63) is 71.7 Å². The maximum absolute atomic E-state index is 12.4. The lowest BCUT2D eigenvalue weighted by Crippen LogP contribution is -2.20. The molecular weight excluding hydrogens is 350 g/mol. The van der Waals surface area contributed by atoms with Gasteiger partial charge in [-0.1, -0.05) is 30.3 Å². The molecule has 0 saturated carbocycles. The van der Waals surface area contributed by atoms with Crippen LogP contribution in [0.2, 0.25) is 0 Å². The second-order valence-electron chi connectivity index (χ2n) is 6.88. The largest absolute Gasteiger partial charge is 0.309 e. The maximum atomic E-state index is 12.4. The summed E-state index contributed by atoms with van der Waals surface area (Å²) in [5.74, 6) is 0.310. The predicted octanol–water partition coefficient (Wildman–Crippen LogP) is 4.06. The summed E-state index contributed by atoms with van der Waals surface area (Å²) in [6.45, 7) is 5.93. The van der Waals surface area contributed by atoms with E-state index in [2.05, 4.69) is 38.6 Å². The number of hydrogen-bond acceptors (Lipinski definition) is 4. The molecular formula is C22H21N5O. The first-order valence-electron chi connectivity index (χ1n) is 9.14. The topological polar surface area (TPSA) is 72.7 Å². The van der Waals surface area contributed by atoms with Crippen LogP contribution in [0.25, 0.3) is 22.2 Å². The van der Waals surface area contributed by atoms with Crippen molar-refractivity contribution >= 4 is 22.8 Å². The quantitative estimate of drug-likeness (QED) is 0.587. The number of aromatic nitrogens is 4. The Kier molecular flexibility index (Phi) is 4.61. The summed E-state index contributed by atoms with van der Waals surface area (Å²) in [7, 11) is 0. The monoisotopic (exact) mass is 371 g/mol. The molecule has 0 aliphatic heterocycles. The van der Waals surface area contributed by atoms with Gasteiger partial charge in [0.2, 0.25) is 5.91 Å². The van der Waals surface area contributed by atoms with Crippen LogP contribution in [0.1, 0.15) is 17.1 Å². The Hall–Kier alpha value is -3.54. The van der Waals surface area contributed by atoms with Gasteiger partial charge in [-0.25, -0.2) is 9.97 Å². The molecule has 1 aromatic carbocycles. The Morgan fingerprint density at radius 1 is 0.964 bits per heavy atom. The van der Waals surface area contributed by atoms with Crippen LogP contribution in [0.4, 0.5) is 5.82 Å². The molecule has 0 atom stereocenters. The number of rotatable bonds is 4. The number of pyridine rings is 2. The third-order valence-electron chi connectivity index (χ3n) is 4.55. The Morgan fingerprint density at radius 3 is 2.46 bits per heavy atom. The standard InChI is InChI=1S/C22H21N5O/c1-14-12-19(17-7-5-4-6-8-17)18-9-10-20(25-22(18)23-14)24-21(28)13-27-16(3)11-15(2)26-27/h4-12H,13H2,1-3H3,(H,23,24,25,28). The van der Waals surface area contributed by atoms with Gasteiger partial charge in [-0.2, -0.15) is 5.10 Å². The summed E-state index contributed by atoms with van der Waals surface area (Å²) in [5, 5.41) is 8.12. The van der Waals surface area contributed by atoms with Crippen molar-refractivity contribution in [2.45, 2.75) is 27.3 Å². The molecule has 0 aliphatic rings. The van der Waals surface area contributed by atoms with Gasteiger partial charge in [-0.05, 0) is 56.2 Å². The molecule has 0 saturated heterocycles. The molecule has 0 unspecified atom stereocenters. The average molecular weight is 371 g/mol. The number of carbonyl (C=O) groups excluding carboxylic acids is 1. The molecule has 140 valence electrons. The summed E-state index contributed by atoms with van der Waals surface area (Å²) in [6.07, 6.45) is 0. The van der Waals surface area contributed by atoms with E-state index in [9.17, 15) is 4.79 Å². The van der Waals surface area contributed by atoms with Crippen LogP contribution in [0.15, 0.2) is 54.6 Å². The lowest BCUT2D eigenvalue weighted by molar-refractivity contribution is -0.117. The summed E-state index contributed by atoms with van der Waals surface area (Å²) < 4.78 is 1.68. The molecule has 0 fully saturated rings. The van der Waals surface area contributed by atoms with Gasteiger partial charge in [-0.15, -0.1) is 0 Å². The van der Waals surface area contributed by atoms with Crippen LogP contribution < -0.4 is 5.32 Å². The number of nitrogens with one attached hydrogen (secondary N) is 1. The van der Waals surface area contributed by atoms with Gasteiger partial charge >= 0.3 is 0 Å². The van der Waals surface area contributed by atoms with Crippen molar-refractivity contribution in [3.63, 3.8) is 0 Å². The molecule has 4 aromatic rings. The van der Waals surface area contributed by atoms with Gasteiger partial charge in [0.25, 0.3) is 0 Å². The summed E-state index contributed by atoms with van der Waals surface area (Å²) in [5.41, 5.74) is 5.52. The number of benzene rings is 1. The first-order chi connectivity index (χ1) is 13.5. The molecule has 6 heteroatoms. The number of carbonyl (C=O) groups is 1. The van der Waals surface area contributed by atoms with Gasteiger partial charge in [0, 0.05) is 16.8 Å². The zero-order valence-electron chi connectivity index (χ0n) is 16.1. The zero-order chi connectivity index (χ0) is 19.7. The van der Waals surface area contributed by atoms with Gasteiger partial charge in [-0.3, -0.25) is 9.48 Å². The average Bonchev–Trinajstić information content (AvgIpc) is 2.98. The fourth-order valence-electron chi connectivity index (χ4n) is 3.31. The second-order valence-corrected chi connectivity index (χ2v) is 6.88. The second kappa shape index (κ2) is 7.23. The number of hydrogen-bond donors (Lipinski definition) is 1. The Morgan fingerprint density at radius 2 is 1.75 bits per heavy atom. The molecule has 1 N–H and O–H groups in total. The van der Waals surface area contributed by atoms with E-state index < -0.39 is 0 Å². The molecule has 6 nitrogen and oxygen atoms in total. The van der Waals surface area contributed by atoms with E-state index in [1.54, 1.807) is 4.68 Å². The highest BCUT2D eigenvalue weighted by Crippen LogP contribution is 2.28. The summed E-state index contributed by atoms with van der Waals surface area (Å²) in [4.78, 5) is 21.5. The normalized spacial score (nSPS) is 11.0. The zero-order valence-corrected chi connectivity index (χ0v) is 16.1. The van der Waals surface area contributed by atoms with Gasteiger partial charge in [0.05, 0.1) is 5.69 Å². The Labute approximate surface area is 163 Å². The number of amides is 1. The fraction of sp³-hybridized carbons (Fsp3) is 0.182. The van der Waals surface area contributed by atoms with E-state index >= 15 is 0 Å². The van der Waals surface area contributed by atoms with Crippen molar-refractivity contribution in [1.82, 2.24) is 19.7 Å². The molecule has 0 bridgehead atoms. The van der Waals surface area contributed by atoms with Crippen LogP contribution in [-0.4, -0.2) is 25.7 Å². The first-order valence-corrected chi connectivity index (χ1v) is 9.14. The SMILES string of the molecule is Cc1cc(-c2ccccc2)c2ccc(NC(=O)Cn3nc(C)cc3C)nc2n1. The highest BCUT2D eigenvalue weighted by atomic mass is 16.2. The van der Waals surface area contributed by atoms with Crippen molar-refractivity contribution in [1.29, 1.82) is 0 Å². The van der Waals surface area contributed by atoms with Crippen molar-refractivity contribution in [2.75, 3.05) is 5.32 Å². The molecule has 0 radical (unpaired) electrons. The van der Waals surface area contributed by atoms with Crippen LogP contribution in [0.3, 0.4) is 0 Å². The molecule has 3 aromatic heterocycles. The first kappa shape index (κ1) is 17.9. The van der Waals surface area contributed by atoms with E-state index in [0.717, 1.165) is 33.6 Å². The maximum Gasteiger partial charge on any atom is 0.247 e. The molecule has 1 amide bonds. The van der Waals surface area contributed by atoms with Crippen molar-refractivity contribution < 1.29 is 4.79 Å². The van der Waals surface area contributed by atoms with E-state index in [1.165, 1.54) is 0 Å². The smallest absolute Gasteiger partial charge is 0.247 e. The van der Waals surface area contributed by atoms with Crippen LogP contribution in [-0.2, 0) is 11.3 Å². The molecule has 0 aliphatic carbocycles.